The fourth-order valence-corrected chi connectivity index (χ4v) is 1.94. The molecule has 0 spiro atoms. The molecule has 0 aliphatic rings. The van der Waals surface area contributed by atoms with Crippen molar-refractivity contribution in [3.05, 3.63) is 76.9 Å². The molecule has 2 aromatic rings. The minimum atomic E-state index is -0.0741. The van der Waals surface area contributed by atoms with E-state index in [0.717, 1.165) is 16.7 Å². The molecule has 2 rings (SSSR count). The Bertz CT molecular complexity index is 639. The summed E-state index contributed by atoms with van der Waals surface area (Å²) in [6.45, 7) is -0.0741. The lowest BCUT2D eigenvalue weighted by molar-refractivity contribution is 0.343. The van der Waals surface area contributed by atoms with Gasteiger partial charge in [-0.15, -0.1) is 0 Å². The van der Waals surface area contributed by atoms with Crippen molar-refractivity contribution in [1.82, 2.24) is 0 Å². The van der Waals surface area contributed by atoms with Gasteiger partial charge >= 0.3 is 0 Å². The van der Waals surface area contributed by atoms with Crippen LogP contribution in [-0.4, -0.2) is 11.7 Å². The van der Waals surface area contributed by atoms with Crippen molar-refractivity contribution in [3.63, 3.8) is 0 Å². The van der Waals surface area contributed by atoms with Gasteiger partial charge in [-0.05, 0) is 41.0 Å². The van der Waals surface area contributed by atoms with E-state index in [1.54, 1.807) is 30.3 Å². The van der Waals surface area contributed by atoms with Gasteiger partial charge in [0.05, 0.1) is 29.9 Å². The third-order valence-corrected chi connectivity index (χ3v) is 2.95. The number of aliphatic hydroxyl groups is 1. The average molecular weight is 260 g/mol. The predicted octanol–water partition coefficient (Wildman–Crippen LogP) is 2.85. The zero-order valence-corrected chi connectivity index (χ0v) is 10.7. The molecule has 0 aliphatic carbocycles. The molecule has 3 heteroatoms. The van der Waals surface area contributed by atoms with Crippen LogP contribution >= 0.6 is 0 Å². The molecule has 0 aromatic heterocycles. The molecule has 0 radical (unpaired) electrons. The first kappa shape index (κ1) is 13.5. The predicted molar refractivity (Wildman–Crippen MR) is 76.5 cm³/mol. The van der Waals surface area contributed by atoms with Crippen molar-refractivity contribution in [3.8, 4) is 12.1 Å². The Balaban J connectivity index is 2.43. The Labute approximate surface area is 117 Å². The van der Waals surface area contributed by atoms with Crippen LogP contribution in [-0.2, 0) is 0 Å². The molecule has 20 heavy (non-hydrogen) atoms. The molecular weight excluding hydrogens is 248 g/mol. The van der Waals surface area contributed by atoms with Crippen molar-refractivity contribution in [1.29, 1.82) is 10.5 Å². The first-order valence-electron chi connectivity index (χ1n) is 6.10. The summed E-state index contributed by atoms with van der Waals surface area (Å²) < 4.78 is 0. The van der Waals surface area contributed by atoms with Crippen molar-refractivity contribution in [2.24, 2.45) is 0 Å². The van der Waals surface area contributed by atoms with Crippen molar-refractivity contribution in [2.75, 3.05) is 6.61 Å². The monoisotopic (exact) mass is 260 g/mol. The summed E-state index contributed by atoms with van der Waals surface area (Å²) in [5.41, 5.74) is 3.90. The topological polar surface area (TPSA) is 67.8 Å². The van der Waals surface area contributed by atoms with Crippen LogP contribution in [0.1, 0.15) is 22.3 Å². The van der Waals surface area contributed by atoms with Gasteiger partial charge in [0.1, 0.15) is 0 Å². The normalized spacial score (nSPS) is 9.35. The molecule has 0 fully saturated rings. The van der Waals surface area contributed by atoms with Gasteiger partial charge in [0.15, 0.2) is 0 Å². The SMILES string of the molecule is N#Cc1ccc(C(=CCO)c2ccc(C#N)cc2)cc1. The Hall–Kier alpha value is -2.88. The van der Waals surface area contributed by atoms with E-state index in [-0.39, 0.29) is 6.61 Å². The standard InChI is InChI=1S/C17H12N2O/c18-11-13-1-5-15(6-2-13)17(9-10-20)16-7-3-14(12-19)4-8-16/h1-9,20H,10H2. The molecule has 2 aromatic carbocycles. The molecule has 0 saturated heterocycles. The zero-order valence-electron chi connectivity index (χ0n) is 10.7. The second-order valence-corrected chi connectivity index (χ2v) is 4.18. The van der Waals surface area contributed by atoms with Crippen LogP contribution in [0.3, 0.4) is 0 Å². The average Bonchev–Trinajstić information content (AvgIpc) is 2.53. The van der Waals surface area contributed by atoms with Crippen LogP contribution < -0.4 is 0 Å². The highest BCUT2D eigenvalue weighted by Gasteiger charge is 2.05. The fraction of sp³-hybridized carbons (Fsp3) is 0.0588. The lowest BCUT2D eigenvalue weighted by Gasteiger charge is -2.08. The maximum absolute atomic E-state index is 9.18. The number of rotatable bonds is 3. The van der Waals surface area contributed by atoms with Gasteiger partial charge in [-0.3, -0.25) is 0 Å². The second kappa shape index (κ2) is 6.33. The minimum Gasteiger partial charge on any atom is -0.392 e. The molecular formula is C17H12N2O. The Kier molecular flexibility index (Phi) is 4.29. The van der Waals surface area contributed by atoms with E-state index in [1.807, 2.05) is 24.3 Å². The molecule has 0 amide bonds. The summed E-state index contributed by atoms with van der Waals surface area (Å²) >= 11 is 0. The first-order chi connectivity index (χ1) is 9.78. The summed E-state index contributed by atoms with van der Waals surface area (Å²) in [7, 11) is 0. The number of benzene rings is 2. The number of aliphatic hydroxyl groups excluding tert-OH is 1. The summed E-state index contributed by atoms with van der Waals surface area (Å²) in [4.78, 5) is 0. The summed E-state index contributed by atoms with van der Waals surface area (Å²) in [5, 5.41) is 26.8. The van der Waals surface area contributed by atoms with E-state index in [4.69, 9.17) is 10.5 Å². The fourth-order valence-electron chi connectivity index (χ4n) is 1.94. The van der Waals surface area contributed by atoms with Crippen molar-refractivity contribution < 1.29 is 5.11 Å². The Morgan fingerprint density at radius 3 is 1.55 bits per heavy atom. The van der Waals surface area contributed by atoms with E-state index < -0.39 is 0 Å². The van der Waals surface area contributed by atoms with Gasteiger partial charge in [-0.1, -0.05) is 30.3 Å². The third-order valence-electron chi connectivity index (χ3n) is 2.95. The molecule has 0 atom stereocenters. The summed E-state index contributed by atoms with van der Waals surface area (Å²) in [6, 6.07) is 18.5. The van der Waals surface area contributed by atoms with Crippen LogP contribution in [0.25, 0.3) is 5.57 Å². The maximum atomic E-state index is 9.18. The second-order valence-electron chi connectivity index (χ2n) is 4.18. The molecule has 0 saturated carbocycles. The van der Waals surface area contributed by atoms with E-state index in [2.05, 4.69) is 12.1 Å². The Morgan fingerprint density at radius 2 is 1.25 bits per heavy atom. The molecule has 0 unspecified atom stereocenters. The lowest BCUT2D eigenvalue weighted by atomic mass is 9.96. The van der Waals surface area contributed by atoms with Gasteiger partial charge < -0.3 is 5.11 Å². The molecule has 3 nitrogen and oxygen atoms in total. The zero-order chi connectivity index (χ0) is 14.4. The van der Waals surface area contributed by atoms with Crippen LogP contribution in [0.4, 0.5) is 0 Å². The van der Waals surface area contributed by atoms with Gasteiger partial charge in [-0.2, -0.15) is 10.5 Å². The lowest BCUT2D eigenvalue weighted by Crippen LogP contribution is -1.91. The van der Waals surface area contributed by atoms with E-state index in [9.17, 15) is 5.11 Å². The largest absolute Gasteiger partial charge is 0.392 e. The van der Waals surface area contributed by atoms with Gasteiger partial charge in [0, 0.05) is 0 Å². The van der Waals surface area contributed by atoms with Crippen molar-refractivity contribution in [2.45, 2.75) is 0 Å². The minimum absolute atomic E-state index is 0.0741. The van der Waals surface area contributed by atoms with Crippen molar-refractivity contribution >= 4 is 5.57 Å². The third kappa shape index (κ3) is 2.92. The van der Waals surface area contributed by atoms with E-state index >= 15 is 0 Å². The molecule has 96 valence electrons. The van der Waals surface area contributed by atoms with Crippen LogP contribution in [0.2, 0.25) is 0 Å². The molecule has 0 aliphatic heterocycles. The van der Waals surface area contributed by atoms with E-state index in [0.29, 0.717) is 11.1 Å². The molecule has 0 heterocycles. The van der Waals surface area contributed by atoms with Crippen LogP contribution in [0.15, 0.2) is 54.6 Å². The van der Waals surface area contributed by atoms with E-state index in [1.165, 1.54) is 0 Å². The van der Waals surface area contributed by atoms with Crippen LogP contribution in [0, 0.1) is 22.7 Å². The molecule has 0 bridgehead atoms. The van der Waals surface area contributed by atoms with Gasteiger partial charge in [-0.25, -0.2) is 0 Å². The highest BCUT2D eigenvalue weighted by Crippen LogP contribution is 2.24. The number of nitrogens with zero attached hydrogens (tertiary/aromatic N) is 2. The van der Waals surface area contributed by atoms with Crippen LogP contribution in [0.5, 0.6) is 0 Å². The Morgan fingerprint density at radius 1 is 0.850 bits per heavy atom. The number of nitriles is 2. The summed E-state index contributed by atoms with van der Waals surface area (Å²) in [6.07, 6.45) is 1.71. The number of hydrogen-bond acceptors (Lipinski definition) is 3. The highest BCUT2D eigenvalue weighted by molar-refractivity contribution is 5.80. The maximum Gasteiger partial charge on any atom is 0.0991 e. The quantitative estimate of drug-likeness (QED) is 0.922. The molecule has 1 N–H and O–H groups in total. The van der Waals surface area contributed by atoms with Gasteiger partial charge in [0.25, 0.3) is 0 Å². The summed E-state index contributed by atoms with van der Waals surface area (Å²) in [5.74, 6) is 0. The van der Waals surface area contributed by atoms with Gasteiger partial charge in [0.2, 0.25) is 0 Å². The highest BCUT2D eigenvalue weighted by atomic mass is 16.2. The number of hydrogen-bond donors (Lipinski definition) is 1. The first-order valence-corrected chi connectivity index (χ1v) is 6.10. The smallest absolute Gasteiger partial charge is 0.0991 e.